The summed E-state index contributed by atoms with van der Waals surface area (Å²) in [5, 5.41) is 0. The van der Waals surface area contributed by atoms with Crippen LogP contribution in [0.4, 0.5) is 12.9 Å². The van der Waals surface area contributed by atoms with Crippen molar-refractivity contribution in [1.29, 1.82) is 0 Å². The van der Waals surface area contributed by atoms with Gasteiger partial charge in [-0.05, 0) is 12.0 Å². The number of halogens is 3. The quantitative estimate of drug-likeness (QED) is 0.655. The smallest absolute Gasteiger partial charge is 0.449 e. The summed E-state index contributed by atoms with van der Waals surface area (Å²) in [4.78, 5) is 0. The van der Waals surface area contributed by atoms with Gasteiger partial charge >= 0.3 is 58.4 Å². The fourth-order valence-corrected chi connectivity index (χ4v) is 1.18. The Balaban J connectivity index is 0.00000169. The van der Waals surface area contributed by atoms with E-state index in [1.165, 1.54) is 0 Å². The van der Waals surface area contributed by atoms with Crippen molar-refractivity contribution in [3.63, 3.8) is 0 Å². The van der Waals surface area contributed by atoms with Gasteiger partial charge < -0.3 is 12.9 Å². The fourth-order valence-electron chi connectivity index (χ4n) is 1.18. The van der Waals surface area contributed by atoms with E-state index in [2.05, 4.69) is 0 Å². The maximum atomic E-state index is 11.8. The fraction of sp³-hybridized carbons (Fsp3) is 0.333. The number of aryl methyl sites for hydroxylation is 1. The molecule has 0 unspecified atom stereocenters. The third-order valence-electron chi connectivity index (χ3n) is 1.84. The van der Waals surface area contributed by atoms with Crippen LogP contribution in [0.15, 0.2) is 30.3 Å². The Morgan fingerprint density at radius 1 is 1.00 bits per heavy atom. The minimum absolute atomic E-state index is 0. The van der Waals surface area contributed by atoms with Crippen LogP contribution in [0, 0.1) is 0 Å². The summed E-state index contributed by atoms with van der Waals surface area (Å²) in [6.07, 6.45) is 0.0878. The summed E-state index contributed by atoms with van der Waals surface area (Å²) >= 11 is 0. The normalized spacial score (nSPS) is 10.8. The zero-order valence-corrected chi connectivity index (χ0v) is 11.3. The molecule has 1 aromatic rings. The van der Waals surface area contributed by atoms with Gasteiger partial charge in [0, 0.05) is 0 Å². The molecule has 1 aromatic carbocycles. The molecule has 0 saturated heterocycles. The van der Waals surface area contributed by atoms with E-state index in [9.17, 15) is 12.9 Å². The Bertz CT molecular complexity index is 248. The molecular weight excluding hydrogens is 215 g/mol. The van der Waals surface area contributed by atoms with Crippen molar-refractivity contribution in [3.05, 3.63) is 35.9 Å². The molecule has 14 heavy (non-hydrogen) atoms. The van der Waals surface area contributed by atoms with Crippen LogP contribution in [0.1, 0.15) is 12.0 Å². The Hall–Kier alpha value is 0.711. The van der Waals surface area contributed by atoms with E-state index in [1.807, 2.05) is 30.3 Å². The van der Waals surface area contributed by atoms with Gasteiger partial charge in [-0.1, -0.05) is 43.1 Å². The number of benzene rings is 1. The van der Waals surface area contributed by atoms with Crippen LogP contribution in [0.25, 0.3) is 0 Å². The van der Waals surface area contributed by atoms with Crippen molar-refractivity contribution in [2.45, 2.75) is 19.2 Å². The molecule has 0 aromatic heterocycles. The van der Waals surface area contributed by atoms with Crippen LogP contribution < -0.4 is 51.4 Å². The molecule has 0 fully saturated rings. The van der Waals surface area contributed by atoms with Crippen molar-refractivity contribution in [2.24, 2.45) is 0 Å². The van der Waals surface area contributed by atoms with Gasteiger partial charge in [0.05, 0.1) is 0 Å². The molecule has 0 aliphatic carbocycles. The first kappa shape index (κ1) is 14.7. The monoisotopic (exact) mass is 226 g/mol. The molecule has 0 aliphatic rings. The summed E-state index contributed by atoms with van der Waals surface area (Å²) in [5.74, 6) is 0. The standard InChI is InChI=1S/C9H11BF3.K/c11-10(12,13)8-4-7-9-5-2-1-3-6-9;/h1-3,5-6H,4,7-8H2;/q-1;+1. The Kier molecular flexibility index (Phi) is 7.42. The molecule has 0 heterocycles. The van der Waals surface area contributed by atoms with E-state index in [0.717, 1.165) is 5.56 Å². The zero-order chi connectivity index (χ0) is 9.73. The van der Waals surface area contributed by atoms with Gasteiger partial charge in [-0.25, -0.2) is 0 Å². The maximum absolute atomic E-state index is 11.8. The average molecular weight is 226 g/mol. The van der Waals surface area contributed by atoms with E-state index in [1.54, 1.807) is 0 Å². The molecule has 0 N–H and O–H groups in total. The van der Waals surface area contributed by atoms with Crippen LogP contribution >= 0.6 is 0 Å². The molecule has 72 valence electrons. The van der Waals surface area contributed by atoms with Crippen LogP contribution in [0.2, 0.25) is 6.32 Å². The van der Waals surface area contributed by atoms with Gasteiger partial charge in [0.1, 0.15) is 0 Å². The second kappa shape index (κ2) is 7.06. The van der Waals surface area contributed by atoms with Crippen LogP contribution in [0.5, 0.6) is 0 Å². The van der Waals surface area contributed by atoms with Gasteiger partial charge in [-0.3, -0.25) is 0 Å². The van der Waals surface area contributed by atoms with Gasteiger partial charge in [-0.15, -0.1) is 0 Å². The summed E-state index contributed by atoms with van der Waals surface area (Å²) in [5.41, 5.74) is 0.975. The maximum Gasteiger partial charge on any atom is 1.00 e. The molecular formula is C9H11BF3K. The minimum Gasteiger partial charge on any atom is -0.449 e. The number of hydrogen-bond acceptors (Lipinski definition) is 0. The van der Waals surface area contributed by atoms with Crippen LogP contribution in [-0.2, 0) is 6.42 Å². The molecule has 0 aliphatic heterocycles. The average Bonchev–Trinajstić information content (AvgIpc) is 2.04. The second-order valence-corrected chi connectivity index (χ2v) is 3.09. The first-order chi connectivity index (χ1) is 6.08. The molecule has 5 heteroatoms. The Morgan fingerprint density at radius 2 is 1.57 bits per heavy atom. The van der Waals surface area contributed by atoms with E-state index in [-0.39, 0.29) is 57.8 Å². The van der Waals surface area contributed by atoms with Gasteiger partial charge in [0.2, 0.25) is 0 Å². The summed E-state index contributed by atoms with van der Waals surface area (Å²) in [7, 11) is 0. The SMILES string of the molecule is F[B-](F)(F)CCCc1ccccc1.[K+]. The van der Waals surface area contributed by atoms with Crippen molar-refractivity contribution in [3.8, 4) is 0 Å². The number of hydrogen-bond donors (Lipinski definition) is 0. The van der Waals surface area contributed by atoms with Gasteiger partial charge in [0.25, 0.3) is 0 Å². The molecule has 0 saturated carbocycles. The third-order valence-corrected chi connectivity index (χ3v) is 1.84. The predicted molar refractivity (Wildman–Crippen MR) is 48.6 cm³/mol. The largest absolute Gasteiger partial charge is 1.00 e. The molecule has 0 nitrogen and oxygen atoms in total. The molecule has 0 radical (unpaired) electrons. The van der Waals surface area contributed by atoms with Crippen molar-refractivity contribution < 1.29 is 64.3 Å². The van der Waals surface area contributed by atoms with Crippen molar-refractivity contribution in [1.82, 2.24) is 0 Å². The third kappa shape index (κ3) is 7.06. The number of rotatable bonds is 4. The van der Waals surface area contributed by atoms with E-state index >= 15 is 0 Å². The van der Waals surface area contributed by atoms with E-state index in [4.69, 9.17) is 0 Å². The van der Waals surface area contributed by atoms with Crippen molar-refractivity contribution in [2.75, 3.05) is 0 Å². The van der Waals surface area contributed by atoms with Crippen LogP contribution in [-0.4, -0.2) is 6.98 Å². The second-order valence-electron chi connectivity index (χ2n) is 3.09. The van der Waals surface area contributed by atoms with Gasteiger partial charge in [0.15, 0.2) is 0 Å². The zero-order valence-electron chi connectivity index (χ0n) is 8.22. The molecule has 0 atom stereocenters. The van der Waals surface area contributed by atoms with E-state index in [0.29, 0.717) is 6.42 Å². The first-order valence-electron chi connectivity index (χ1n) is 4.33. The van der Waals surface area contributed by atoms with E-state index < -0.39 is 13.3 Å². The predicted octanol–water partition coefficient (Wildman–Crippen LogP) is 0.471. The molecule has 0 bridgehead atoms. The minimum atomic E-state index is -4.60. The molecule has 0 spiro atoms. The topological polar surface area (TPSA) is 0 Å². The summed E-state index contributed by atoms with van der Waals surface area (Å²) in [6.45, 7) is -4.60. The molecule has 1 rings (SSSR count). The Labute approximate surface area is 125 Å². The first-order valence-corrected chi connectivity index (χ1v) is 4.33. The summed E-state index contributed by atoms with van der Waals surface area (Å²) < 4.78 is 35.5. The van der Waals surface area contributed by atoms with Crippen LogP contribution in [0.3, 0.4) is 0 Å². The summed E-state index contributed by atoms with van der Waals surface area (Å²) in [6, 6.07) is 9.24. The Morgan fingerprint density at radius 3 is 2.07 bits per heavy atom. The molecule has 0 amide bonds. The van der Waals surface area contributed by atoms with Gasteiger partial charge in [-0.2, -0.15) is 0 Å². The van der Waals surface area contributed by atoms with Crippen molar-refractivity contribution >= 4 is 6.98 Å².